The van der Waals surface area contributed by atoms with Crippen molar-refractivity contribution in [1.82, 2.24) is 20.0 Å². The Hall–Kier alpha value is -1.42. The van der Waals surface area contributed by atoms with Crippen molar-refractivity contribution in [2.75, 3.05) is 32.7 Å². The summed E-state index contributed by atoms with van der Waals surface area (Å²) >= 11 is 0. The topological polar surface area (TPSA) is 96.4 Å². The lowest BCUT2D eigenvalue weighted by Crippen LogP contribution is -2.74. The molecule has 0 bridgehead atoms. The van der Waals surface area contributed by atoms with Gasteiger partial charge in [0.1, 0.15) is 11.6 Å². The van der Waals surface area contributed by atoms with E-state index >= 15 is 0 Å². The van der Waals surface area contributed by atoms with Crippen LogP contribution in [0.2, 0.25) is 0 Å². The van der Waals surface area contributed by atoms with Gasteiger partial charge in [-0.05, 0) is 49.1 Å². The molecule has 0 aromatic heterocycles. The predicted molar refractivity (Wildman–Crippen MR) is 158 cm³/mol. The number of piperidine rings is 2. The molecule has 1 spiro atoms. The SMILES string of the molecule is CCCCN1C(=O)[C@@H]([C@H](O)C(C)C)NC(=O)C12CCN(Cc1ccc(CN3CCC(O)CC3)cc1)CC2.Cl.Cl. The Balaban J connectivity index is 0.00000267. The largest absolute Gasteiger partial charge is 0.393 e. The van der Waals surface area contributed by atoms with Gasteiger partial charge in [-0.2, -0.15) is 0 Å². The van der Waals surface area contributed by atoms with Crippen molar-refractivity contribution in [2.24, 2.45) is 5.92 Å². The molecule has 0 aliphatic carbocycles. The number of nitrogens with zero attached hydrogens (tertiary/aromatic N) is 3. The lowest BCUT2D eigenvalue weighted by molar-refractivity contribution is -0.165. The van der Waals surface area contributed by atoms with Gasteiger partial charge < -0.3 is 20.4 Å². The van der Waals surface area contributed by atoms with Gasteiger partial charge in [-0.25, -0.2) is 0 Å². The first kappa shape index (κ1) is 33.8. The second-order valence-electron chi connectivity index (χ2n) is 11.7. The highest BCUT2D eigenvalue weighted by Crippen LogP contribution is 2.35. The molecule has 2 atom stereocenters. The van der Waals surface area contributed by atoms with Crippen molar-refractivity contribution in [3.63, 3.8) is 0 Å². The third-order valence-electron chi connectivity index (χ3n) is 8.59. The van der Waals surface area contributed by atoms with Crippen LogP contribution in [0.15, 0.2) is 24.3 Å². The lowest BCUT2D eigenvalue weighted by atomic mass is 9.80. The molecule has 0 saturated carbocycles. The third kappa shape index (κ3) is 7.86. The van der Waals surface area contributed by atoms with Crippen LogP contribution >= 0.6 is 24.8 Å². The summed E-state index contributed by atoms with van der Waals surface area (Å²) in [6, 6.07) is 7.93. The summed E-state index contributed by atoms with van der Waals surface area (Å²) in [5, 5.41) is 23.2. The number of likely N-dealkylation sites (tertiary alicyclic amines) is 2. The van der Waals surface area contributed by atoms with E-state index in [-0.39, 0.29) is 48.7 Å². The Morgan fingerprint density at radius 1 is 0.949 bits per heavy atom. The first-order valence-electron chi connectivity index (χ1n) is 14.2. The fraction of sp³-hybridized carbons (Fsp3) is 0.724. The maximum atomic E-state index is 13.5. The minimum atomic E-state index is -0.887. The van der Waals surface area contributed by atoms with E-state index in [2.05, 4.69) is 46.3 Å². The van der Waals surface area contributed by atoms with Crippen LogP contribution in [0, 0.1) is 5.92 Å². The molecule has 0 unspecified atom stereocenters. The van der Waals surface area contributed by atoms with Gasteiger partial charge in [-0.15, -0.1) is 24.8 Å². The number of carbonyl (C=O) groups is 2. The zero-order valence-electron chi connectivity index (χ0n) is 23.7. The fourth-order valence-corrected chi connectivity index (χ4v) is 6.02. The molecule has 1 aromatic rings. The molecule has 2 amide bonds. The number of amides is 2. The van der Waals surface area contributed by atoms with Gasteiger partial charge in [0.2, 0.25) is 11.8 Å². The summed E-state index contributed by atoms with van der Waals surface area (Å²) in [6.07, 6.45) is 3.68. The van der Waals surface area contributed by atoms with Gasteiger partial charge in [0, 0.05) is 45.8 Å². The maximum absolute atomic E-state index is 13.5. The summed E-state index contributed by atoms with van der Waals surface area (Å²) < 4.78 is 0. The first-order valence-corrected chi connectivity index (χ1v) is 14.2. The number of unbranched alkanes of at least 4 members (excludes halogenated alkanes) is 1. The monoisotopic (exact) mass is 586 g/mol. The van der Waals surface area contributed by atoms with E-state index < -0.39 is 17.7 Å². The second-order valence-corrected chi connectivity index (χ2v) is 11.7. The van der Waals surface area contributed by atoms with Gasteiger partial charge in [-0.3, -0.25) is 19.4 Å². The number of piperazine rings is 1. The van der Waals surface area contributed by atoms with Crippen molar-refractivity contribution in [3.05, 3.63) is 35.4 Å². The van der Waals surface area contributed by atoms with Crippen LogP contribution in [-0.4, -0.2) is 93.2 Å². The minimum Gasteiger partial charge on any atom is -0.393 e. The van der Waals surface area contributed by atoms with Crippen LogP contribution in [0.4, 0.5) is 0 Å². The van der Waals surface area contributed by atoms with Crippen molar-refractivity contribution in [1.29, 1.82) is 0 Å². The van der Waals surface area contributed by atoms with Crippen LogP contribution < -0.4 is 5.32 Å². The Kier molecular flexibility index (Phi) is 13.0. The lowest BCUT2D eigenvalue weighted by Gasteiger charge is -2.52. The molecule has 3 fully saturated rings. The summed E-state index contributed by atoms with van der Waals surface area (Å²) in [7, 11) is 0. The zero-order chi connectivity index (χ0) is 26.6. The number of hydrogen-bond donors (Lipinski definition) is 3. The molecule has 3 N–H and O–H groups in total. The Labute approximate surface area is 246 Å². The number of carbonyl (C=O) groups excluding carboxylic acids is 2. The van der Waals surface area contributed by atoms with E-state index in [9.17, 15) is 19.8 Å². The van der Waals surface area contributed by atoms with Crippen LogP contribution in [0.1, 0.15) is 70.4 Å². The second kappa shape index (κ2) is 15.0. The number of hydrogen-bond acceptors (Lipinski definition) is 6. The molecule has 10 heteroatoms. The normalized spacial score (nSPS) is 23.3. The van der Waals surface area contributed by atoms with Crippen molar-refractivity contribution in [3.8, 4) is 0 Å². The summed E-state index contributed by atoms with van der Waals surface area (Å²) in [5.74, 6) is -0.360. The quantitative estimate of drug-likeness (QED) is 0.411. The molecule has 222 valence electrons. The molecule has 3 saturated heterocycles. The van der Waals surface area contributed by atoms with Crippen molar-refractivity contribution >= 4 is 36.6 Å². The molecule has 3 heterocycles. The maximum Gasteiger partial charge on any atom is 0.248 e. The van der Waals surface area contributed by atoms with Crippen LogP contribution in [0.5, 0.6) is 0 Å². The van der Waals surface area contributed by atoms with E-state index in [1.54, 1.807) is 4.90 Å². The summed E-state index contributed by atoms with van der Waals surface area (Å²) in [4.78, 5) is 33.5. The van der Waals surface area contributed by atoms with E-state index in [0.717, 1.165) is 65.0 Å². The van der Waals surface area contributed by atoms with E-state index in [0.29, 0.717) is 19.4 Å². The van der Waals surface area contributed by atoms with E-state index in [1.165, 1.54) is 11.1 Å². The summed E-state index contributed by atoms with van der Waals surface area (Å²) in [6.45, 7) is 11.5. The van der Waals surface area contributed by atoms with Gasteiger partial charge in [0.05, 0.1) is 12.2 Å². The zero-order valence-corrected chi connectivity index (χ0v) is 25.3. The predicted octanol–water partition coefficient (Wildman–Crippen LogP) is 2.97. The first-order chi connectivity index (χ1) is 17.7. The number of aliphatic hydroxyl groups is 2. The average molecular weight is 588 g/mol. The molecule has 3 aliphatic rings. The molecule has 0 radical (unpaired) electrons. The van der Waals surface area contributed by atoms with Gasteiger partial charge in [0.15, 0.2) is 0 Å². The van der Waals surface area contributed by atoms with Crippen LogP contribution in [0.25, 0.3) is 0 Å². The molecule has 4 rings (SSSR count). The van der Waals surface area contributed by atoms with Crippen molar-refractivity contribution < 1.29 is 19.8 Å². The highest BCUT2D eigenvalue weighted by Gasteiger charge is 2.54. The van der Waals surface area contributed by atoms with Gasteiger partial charge >= 0.3 is 0 Å². The van der Waals surface area contributed by atoms with Crippen molar-refractivity contribution in [2.45, 2.75) is 96.2 Å². The number of rotatable bonds is 9. The van der Waals surface area contributed by atoms with Gasteiger partial charge in [-0.1, -0.05) is 51.5 Å². The number of benzene rings is 1. The Morgan fingerprint density at radius 2 is 1.46 bits per heavy atom. The van der Waals surface area contributed by atoms with Crippen LogP contribution in [-0.2, 0) is 22.7 Å². The summed E-state index contributed by atoms with van der Waals surface area (Å²) in [5.41, 5.74) is 1.72. The van der Waals surface area contributed by atoms with E-state index in [4.69, 9.17) is 0 Å². The van der Waals surface area contributed by atoms with E-state index in [1.807, 2.05) is 13.8 Å². The standard InChI is InChI=1S/C29H46N4O4.2ClH/c1-4-5-14-33-27(36)25(26(35)21(2)3)30-28(37)29(33)12-17-32(18-13-29)20-23-8-6-22(7-9-23)19-31-15-10-24(34)11-16-31;;/h6-9,21,24-26,34-35H,4-5,10-20H2,1-3H3,(H,30,37);2*1H/t25-,26-;;/m1../s1. The van der Waals surface area contributed by atoms with Crippen LogP contribution in [0.3, 0.4) is 0 Å². The third-order valence-corrected chi connectivity index (χ3v) is 8.59. The van der Waals surface area contributed by atoms with Gasteiger partial charge in [0.25, 0.3) is 0 Å². The molecule has 3 aliphatic heterocycles. The number of halogens is 2. The number of aliphatic hydroxyl groups excluding tert-OH is 2. The molecular weight excluding hydrogens is 539 g/mol. The fourth-order valence-electron chi connectivity index (χ4n) is 6.02. The molecular formula is C29H48Cl2N4O4. The molecule has 39 heavy (non-hydrogen) atoms. The molecule has 8 nitrogen and oxygen atoms in total. The Morgan fingerprint density at radius 3 is 1.95 bits per heavy atom. The highest BCUT2D eigenvalue weighted by molar-refractivity contribution is 6.00. The highest BCUT2D eigenvalue weighted by atomic mass is 35.5. The Bertz CT molecular complexity index is 916. The molecule has 1 aromatic carbocycles. The number of nitrogens with one attached hydrogen (secondary N) is 1. The average Bonchev–Trinajstić information content (AvgIpc) is 2.89. The smallest absolute Gasteiger partial charge is 0.248 e. The minimum absolute atomic E-state index is 0.